The normalized spacial score (nSPS) is 24.5. The lowest BCUT2D eigenvalue weighted by Gasteiger charge is -2.24. The number of rotatable bonds is 16. The third-order valence-electron chi connectivity index (χ3n) is 5.07. The van der Waals surface area contributed by atoms with Gasteiger partial charge in [-0.15, -0.1) is 0 Å². The molecular weight excluding hydrogens is 332 g/mol. The standard InChI is InChI=1S/C21H40O5/c1-2-3-4-5-6-7-8-9-10-11-12-13-14-15-25-19(16-22)21-20(24)18(23)17-26-21/h2-3,18-24H,4-17H2,1H3/b3-2+/t18-,19+,20+,21+/m0/s1. The van der Waals surface area contributed by atoms with Gasteiger partial charge in [0.2, 0.25) is 0 Å². The van der Waals surface area contributed by atoms with Gasteiger partial charge < -0.3 is 24.8 Å². The van der Waals surface area contributed by atoms with Crippen molar-refractivity contribution in [1.82, 2.24) is 0 Å². The number of hydrogen-bond donors (Lipinski definition) is 3. The van der Waals surface area contributed by atoms with Crippen molar-refractivity contribution >= 4 is 0 Å². The van der Waals surface area contributed by atoms with Crippen LogP contribution in [0.2, 0.25) is 0 Å². The number of ether oxygens (including phenoxy) is 2. The number of aliphatic hydroxyl groups excluding tert-OH is 3. The molecule has 0 aliphatic carbocycles. The molecule has 0 unspecified atom stereocenters. The van der Waals surface area contributed by atoms with Crippen LogP contribution in [0.3, 0.4) is 0 Å². The monoisotopic (exact) mass is 372 g/mol. The average Bonchev–Trinajstić information content (AvgIpc) is 2.98. The van der Waals surface area contributed by atoms with Crippen molar-refractivity contribution in [1.29, 1.82) is 0 Å². The molecular formula is C21H40O5. The van der Waals surface area contributed by atoms with Crippen molar-refractivity contribution in [2.75, 3.05) is 19.8 Å². The topological polar surface area (TPSA) is 79.2 Å². The molecule has 0 aromatic heterocycles. The van der Waals surface area contributed by atoms with Gasteiger partial charge in [-0.25, -0.2) is 0 Å². The number of aliphatic hydroxyl groups is 3. The summed E-state index contributed by atoms with van der Waals surface area (Å²) >= 11 is 0. The Kier molecular flexibility index (Phi) is 14.1. The Bertz CT molecular complexity index is 347. The van der Waals surface area contributed by atoms with Crippen LogP contribution >= 0.6 is 0 Å². The second-order valence-electron chi connectivity index (χ2n) is 7.34. The summed E-state index contributed by atoms with van der Waals surface area (Å²) in [6.45, 7) is 2.53. The molecule has 0 amide bonds. The van der Waals surface area contributed by atoms with Crippen molar-refractivity contribution in [3.63, 3.8) is 0 Å². The van der Waals surface area contributed by atoms with Crippen LogP contribution in [-0.2, 0) is 9.47 Å². The minimum absolute atomic E-state index is 0.0987. The predicted octanol–water partition coefficient (Wildman–Crippen LogP) is 3.35. The van der Waals surface area contributed by atoms with E-state index >= 15 is 0 Å². The van der Waals surface area contributed by atoms with Crippen LogP contribution in [-0.4, -0.2) is 59.6 Å². The van der Waals surface area contributed by atoms with E-state index in [4.69, 9.17) is 9.47 Å². The highest BCUT2D eigenvalue weighted by molar-refractivity contribution is 4.88. The highest BCUT2D eigenvalue weighted by Gasteiger charge is 2.40. The van der Waals surface area contributed by atoms with Gasteiger partial charge >= 0.3 is 0 Å². The lowest BCUT2D eigenvalue weighted by Crippen LogP contribution is -2.42. The average molecular weight is 373 g/mol. The van der Waals surface area contributed by atoms with E-state index in [2.05, 4.69) is 19.1 Å². The molecule has 1 fully saturated rings. The Morgan fingerprint density at radius 2 is 1.54 bits per heavy atom. The minimum Gasteiger partial charge on any atom is -0.394 e. The summed E-state index contributed by atoms with van der Waals surface area (Å²) in [5, 5.41) is 28.7. The van der Waals surface area contributed by atoms with Gasteiger partial charge in [-0.3, -0.25) is 0 Å². The minimum atomic E-state index is -0.977. The Morgan fingerprint density at radius 1 is 0.962 bits per heavy atom. The first-order valence-electron chi connectivity index (χ1n) is 10.5. The molecule has 0 spiro atoms. The van der Waals surface area contributed by atoms with E-state index in [9.17, 15) is 15.3 Å². The lowest BCUT2D eigenvalue weighted by molar-refractivity contribution is -0.101. The summed E-state index contributed by atoms with van der Waals surface area (Å²) in [6, 6.07) is 0. The summed E-state index contributed by atoms with van der Waals surface area (Å²) < 4.78 is 11.0. The largest absolute Gasteiger partial charge is 0.394 e. The van der Waals surface area contributed by atoms with Crippen molar-refractivity contribution in [2.45, 2.75) is 102 Å². The van der Waals surface area contributed by atoms with Crippen LogP contribution in [0.15, 0.2) is 12.2 Å². The smallest absolute Gasteiger partial charge is 0.114 e. The molecule has 1 rings (SSSR count). The molecule has 1 heterocycles. The molecule has 4 atom stereocenters. The Balaban J connectivity index is 1.88. The molecule has 26 heavy (non-hydrogen) atoms. The van der Waals surface area contributed by atoms with Gasteiger partial charge in [0.1, 0.15) is 24.4 Å². The van der Waals surface area contributed by atoms with E-state index in [0.717, 1.165) is 12.8 Å². The maximum Gasteiger partial charge on any atom is 0.114 e. The van der Waals surface area contributed by atoms with Crippen molar-refractivity contribution in [3.8, 4) is 0 Å². The highest BCUT2D eigenvalue weighted by Crippen LogP contribution is 2.20. The van der Waals surface area contributed by atoms with E-state index in [1.165, 1.54) is 57.8 Å². The molecule has 5 heteroatoms. The van der Waals surface area contributed by atoms with Crippen LogP contribution in [0, 0.1) is 0 Å². The zero-order valence-electron chi connectivity index (χ0n) is 16.5. The van der Waals surface area contributed by atoms with Gasteiger partial charge in [-0.1, -0.05) is 63.5 Å². The van der Waals surface area contributed by atoms with Crippen LogP contribution in [0.25, 0.3) is 0 Å². The van der Waals surface area contributed by atoms with E-state index in [-0.39, 0.29) is 13.2 Å². The van der Waals surface area contributed by atoms with Gasteiger partial charge in [-0.05, 0) is 26.2 Å². The van der Waals surface area contributed by atoms with Crippen LogP contribution < -0.4 is 0 Å². The summed E-state index contributed by atoms with van der Waals surface area (Å²) in [4.78, 5) is 0. The Morgan fingerprint density at radius 3 is 2.04 bits per heavy atom. The van der Waals surface area contributed by atoms with Gasteiger partial charge in [0.05, 0.1) is 13.2 Å². The third-order valence-corrected chi connectivity index (χ3v) is 5.07. The lowest BCUT2D eigenvalue weighted by atomic mass is 10.1. The molecule has 3 N–H and O–H groups in total. The summed E-state index contributed by atoms with van der Waals surface area (Å²) in [5.41, 5.74) is 0. The molecule has 154 valence electrons. The van der Waals surface area contributed by atoms with Crippen molar-refractivity contribution < 1.29 is 24.8 Å². The second kappa shape index (κ2) is 15.6. The SMILES string of the molecule is C/C=C/CCCCCCCCCCCCO[C@H](CO)[C@H]1OC[C@H](O)[C@H]1O. The van der Waals surface area contributed by atoms with Crippen molar-refractivity contribution in [3.05, 3.63) is 12.2 Å². The van der Waals surface area contributed by atoms with Gasteiger partial charge in [0.15, 0.2) is 0 Å². The fourth-order valence-corrected chi connectivity index (χ4v) is 3.38. The summed E-state index contributed by atoms with van der Waals surface area (Å²) in [7, 11) is 0. The third kappa shape index (κ3) is 10.0. The summed E-state index contributed by atoms with van der Waals surface area (Å²) in [5.74, 6) is 0. The molecule has 0 aromatic rings. The number of unbranched alkanes of at least 4 members (excludes halogenated alkanes) is 10. The zero-order chi connectivity index (χ0) is 19.0. The molecule has 0 radical (unpaired) electrons. The maximum absolute atomic E-state index is 9.81. The fraction of sp³-hybridized carbons (Fsp3) is 0.905. The molecule has 1 saturated heterocycles. The summed E-state index contributed by atoms with van der Waals surface area (Å²) in [6.07, 6.45) is 15.2. The second-order valence-corrected chi connectivity index (χ2v) is 7.34. The first kappa shape index (κ1) is 23.6. The van der Waals surface area contributed by atoms with Gasteiger partial charge in [0.25, 0.3) is 0 Å². The van der Waals surface area contributed by atoms with Gasteiger partial charge in [0, 0.05) is 6.61 Å². The Labute approximate surface area is 159 Å². The zero-order valence-corrected chi connectivity index (χ0v) is 16.5. The molecule has 0 bridgehead atoms. The van der Waals surface area contributed by atoms with Crippen LogP contribution in [0.4, 0.5) is 0 Å². The molecule has 1 aliphatic heterocycles. The maximum atomic E-state index is 9.81. The van der Waals surface area contributed by atoms with Crippen molar-refractivity contribution in [2.24, 2.45) is 0 Å². The first-order valence-corrected chi connectivity index (χ1v) is 10.5. The molecule has 0 aromatic carbocycles. The number of allylic oxidation sites excluding steroid dienone is 2. The highest BCUT2D eigenvalue weighted by atomic mass is 16.6. The quantitative estimate of drug-likeness (QED) is 0.286. The van der Waals surface area contributed by atoms with E-state index in [1.54, 1.807) is 0 Å². The molecule has 0 saturated carbocycles. The first-order chi connectivity index (χ1) is 12.7. The molecule has 5 nitrogen and oxygen atoms in total. The fourth-order valence-electron chi connectivity index (χ4n) is 3.38. The number of hydrogen-bond acceptors (Lipinski definition) is 5. The predicted molar refractivity (Wildman–Crippen MR) is 104 cm³/mol. The van der Waals surface area contributed by atoms with Crippen LogP contribution in [0.1, 0.15) is 77.6 Å². The Hall–Kier alpha value is -0.460. The van der Waals surface area contributed by atoms with E-state index < -0.39 is 24.4 Å². The van der Waals surface area contributed by atoms with Crippen LogP contribution in [0.5, 0.6) is 0 Å². The molecule has 1 aliphatic rings. The van der Waals surface area contributed by atoms with E-state index in [1.807, 2.05) is 0 Å². The van der Waals surface area contributed by atoms with Gasteiger partial charge in [-0.2, -0.15) is 0 Å². The van der Waals surface area contributed by atoms with E-state index in [0.29, 0.717) is 6.61 Å².